The fourth-order valence-corrected chi connectivity index (χ4v) is 3.77. The Labute approximate surface area is 146 Å². The second-order valence-corrected chi connectivity index (χ2v) is 6.53. The Morgan fingerprint density at radius 1 is 1.33 bits per heavy atom. The van der Waals surface area contributed by atoms with E-state index in [2.05, 4.69) is 5.32 Å². The molecule has 1 fully saturated rings. The quantitative estimate of drug-likeness (QED) is 0.895. The predicted molar refractivity (Wildman–Crippen MR) is 94.8 cm³/mol. The number of amides is 2. The lowest BCUT2D eigenvalue weighted by molar-refractivity contribution is 0.191. The van der Waals surface area contributed by atoms with Gasteiger partial charge in [0.15, 0.2) is 0 Å². The van der Waals surface area contributed by atoms with Gasteiger partial charge in [0, 0.05) is 24.7 Å². The highest BCUT2D eigenvalue weighted by Gasteiger charge is 2.31. The van der Waals surface area contributed by atoms with E-state index >= 15 is 0 Å². The molecule has 0 spiro atoms. The van der Waals surface area contributed by atoms with Gasteiger partial charge in [0.1, 0.15) is 11.5 Å². The van der Waals surface area contributed by atoms with Crippen LogP contribution >= 0.6 is 11.3 Å². The standard InChI is InChI=1S/C18H22N2O3S/c1-22-14-5-6-15(17(10-14)23-2)16-4-3-8-20(16)18(21)19-11-13-7-9-24-12-13/h5-7,9-10,12,16H,3-4,8,11H2,1-2H3,(H,19,21). The number of ether oxygens (including phenoxy) is 2. The summed E-state index contributed by atoms with van der Waals surface area (Å²) in [7, 11) is 3.28. The van der Waals surface area contributed by atoms with Crippen LogP contribution in [0.15, 0.2) is 35.0 Å². The Bertz CT molecular complexity index is 688. The average molecular weight is 346 g/mol. The molecule has 1 aliphatic heterocycles. The molecule has 1 aromatic heterocycles. The van der Waals surface area contributed by atoms with Crippen molar-refractivity contribution in [3.05, 3.63) is 46.2 Å². The van der Waals surface area contributed by atoms with Crippen molar-refractivity contribution in [1.29, 1.82) is 0 Å². The highest BCUT2D eigenvalue weighted by molar-refractivity contribution is 7.07. The number of thiophene rings is 1. The van der Waals surface area contributed by atoms with Crippen molar-refractivity contribution in [1.82, 2.24) is 10.2 Å². The zero-order chi connectivity index (χ0) is 16.9. The zero-order valence-electron chi connectivity index (χ0n) is 14.0. The van der Waals surface area contributed by atoms with Gasteiger partial charge in [-0.2, -0.15) is 11.3 Å². The summed E-state index contributed by atoms with van der Waals surface area (Å²) in [5, 5.41) is 7.08. The molecule has 2 heterocycles. The van der Waals surface area contributed by atoms with Gasteiger partial charge >= 0.3 is 6.03 Å². The Morgan fingerprint density at radius 2 is 2.21 bits per heavy atom. The molecule has 5 nitrogen and oxygen atoms in total. The summed E-state index contributed by atoms with van der Waals surface area (Å²) in [6.45, 7) is 1.32. The number of rotatable bonds is 5. The number of hydrogen-bond donors (Lipinski definition) is 1. The van der Waals surface area contributed by atoms with Gasteiger partial charge in [-0.05, 0) is 47.4 Å². The van der Waals surface area contributed by atoms with E-state index in [0.717, 1.165) is 42.0 Å². The summed E-state index contributed by atoms with van der Waals surface area (Å²) in [5.41, 5.74) is 2.16. The Hall–Kier alpha value is -2.21. The summed E-state index contributed by atoms with van der Waals surface area (Å²) in [5.74, 6) is 1.51. The highest BCUT2D eigenvalue weighted by Crippen LogP contribution is 2.38. The Kier molecular flexibility index (Phi) is 5.25. The zero-order valence-corrected chi connectivity index (χ0v) is 14.8. The monoisotopic (exact) mass is 346 g/mol. The molecule has 0 bridgehead atoms. The van der Waals surface area contributed by atoms with E-state index in [1.165, 1.54) is 0 Å². The van der Waals surface area contributed by atoms with Crippen LogP contribution in [-0.4, -0.2) is 31.7 Å². The van der Waals surface area contributed by atoms with Crippen LogP contribution in [0.2, 0.25) is 0 Å². The van der Waals surface area contributed by atoms with Gasteiger partial charge in [0.25, 0.3) is 0 Å². The number of hydrogen-bond acceptors (Lipinski definition) is 4. The largest absolute Gasteiger partial charge is 0.497 e. The van der Waals surface area contributed by atoms with Gasteiger partial charge in [-0.15, -0.1) is 0 Å². The van der Waals surface area contributed by atoms with Crippen molar-refractivity contribution in [3.63, 3.8) is 0 Å². The molecule has 2 amide bonds. The fraction of sp³-hybridized carbons (Fsp3) is 0.389. The Balaban J connectivity index is 1.74. The van der Waals surface area contributed by atoms with Crippen LogP contribution in [0.1, 0.15) is 30.0 Å². The number of methoxy groups -OCH3 is 2. The van der Waals surface area contributed by atoms with Gasteiger partial charge in [-0.1, -0.05) is 0 Å². The normalized spacial score (nSPS) is 16.9. The molecule has 1 aromatic carbocycles. The summed E-state index contributed by atoms with van der Waals surface area (Å²) in [4.78, 5) is 14.5. The van der Waals surface area contributed by atoms with Crippen molar-refractivity contribution in [3.8, 4) is 11.5 Å². The fourth-order valence-electron chi connectivity index (χ4n) is 3.10. The van der Waals surface area contributed by atoms with Gasteiger partial charge in [0.2, 0.25) is 0 Å². The van der Waals surface area contributed by atoms with E-state index in [1.54, 1.807) is 25.6 Å². The summed E-state index contributed by atoms with van der Waals surface area (Å²) in [6.07, 6.45) is 1.93. The average Bonchev–Trinajstić information content (AvgIpc) is 3.30. The van der Waals surface area contributed by atoms with E-state index in [9.17, 15) is 4.79 Å². The minimum Gasteiger partial charge on any atom is -0.497 e. The van der Waals surface area contributed by atoms with Crippen molar-refractivity contribution in [2.45, 2.75) is 25.4 Å². The molecule has 1 atom stereocenters. The minimum absolute atomic E-state index is 0.0263. The third-order valence-electron chi connectivity index (χ3n) is 4.34. The third-order valence-corrected chi connectivity index (χ3v) is 5.07. The second-order valence-electron chi connectivity index (χ2n) is 5.75. The number of urea groups is 1. The second kappa shape index (κ2) is 7.57. The first-order valence-electron chi connectivity index (χ1n) is 8.00. The van der Waals surface area contributed by atoms with Crippen LogP contribution in [0, 0.1) is 0 Å². The first-order chi connectivity index (χ1) is 11.7. The molecule has 128 valence electrons. The minimum atomic E-state index is -0.0263. The molecule has 3 rings (SSSR count). The predicted octanol–water partition coefficient (Wildman–Crippen LogP) is 3.81. The van der Waals surface area contributed by atoms with Crippen LogP contribution in [0.25, 0.3) is 0 Å². The molecule has 0 saturated carbocycles. The molecule has 0 radical (unpaired) electrons. The lowest BCUT2D eigenvalue weighted by atomic mass is 10.0. The van der Waals surface area contributed by atoms with E-state index in [1.807, 2.05) is 39.9 Å². The lowest BCUT2D eigenvalue weighted by Crippen LogP contribution is -2.39. The van der Waals surface area contributed by atoms with Gasteiger partial charge in [-0.25, -0.2) is 4.79 Å². The number of carbonyl (C=O) groups excluding carboxylic acids is 1. The van der Waals surface area contributed by atoms with E-state index in [4.69, 9.17) is 9.47 Å². The van der Waals surface area contributed by atoms with Crippen molar-refractivity contribution in [2.75, 3.05) is 20.8 Å². The molecule has 1 N–H and O–H groups in total. The Morgan fingerprint density at radius 3 is 2.92 bits per heavy atom. The van der Waals surface area contributed by atoms with Crippen LogP contribution in [0.5, 0.6) is 11.5 Å². The van der Waals surface area contributed by atoms with Crippen LogP contribution in [-0.2, 0) is 6.54 Å². The smallest absolute Gasteiger partial charge is 0.318 e. The maximum absolute atomic E-state index is 12.6. The molecule has 1 saturated heterocycles. The molecule has 2 aromatic rings. The van der Waals surface area contributed by atoms with Crippen LogP contribution in [0.3, 0.4) is 0 Å². The number of likely N-dealkylation sites (tertiary alicyclic amines) is 1. The van der Waals surface area contributed by atoms with Gasteiger partial charge in [-0.3, -0.25) is 0 Å². The molecule has 0 aliphatic carbocycles. The summed E-state index contributed by atoms with van der Waals surface area (Å²) in [6, 6.07) is 7.81. The number of carbonyl (C=O) groups is 1. The van der Waals surface area contributed by atoms with Crippen LogP contribution < -0.4 is 14.8 Å². The van der Waals surface area contributed by atoms with Gasteiger partial charge in [0.05, 0.1) is 20.3 Å². The number of benzene rings is 1. The first-order valence-corrected chi connectivity index (χ1v) is 8.94. The number of nitrogens with one attached hydrogen (secondary N) is 1. The maximum Gasteiger partial charge on any atom is 0.318 e. The van der Waals surface area contributed by atoms with Crippen LogP contribution in [0.4, 0.5) is 4.79 Å². The topological polar surface area (TPSA) is 50.8 Å². The van der Waals surface area contributed by atoms with Crippen molar-refractivity contribution >= 4 is 17.4 Å². The molecular weight excluding hydrogens is 324 g/mol. The third kappa shape index (κ3) is 3.48. The maximum atomic E-state index is 12.6. The van der Waals surface area contributed by atoms with Crippen molar-refractivity contribution in [2.24, 2.45) is 0 Å². The summed E-state index contributed by atoms with van der Waals surface area (Å²) < 4.78 is 10.8. The van der Waals surface area contributed by atoms with E-state index < -0.39 is 0 Å². The van der Waals surface area contributed by atoms with E-state index in [0.29, 0.717) is 6.54 Å². The van der Waals surface area contributed by atoms with E-state index in [-0.39, 0.29) is 12.1 Å². The lowest BCUT2D eigenvalue weighted by Gasteiger charge is -2.26. The molecular formula is C18H22N2O3S. The molecule has 1 aliphatic rings. The molecule has 24 heavy (non-hydrogen) atoms. The molecule has 6 heteroatoms. The molecule has 1 unspecified atom stereocenters. The number of nitrogens with zero attached hydrogens (tertiary/aromatic N) is 1. The highest BCUT2D eigenvalue weighted by atomic mass is 32.1. The SMILES string of the molecule is COc1ccc(C2CCCN2C(=O)NCc2ccsc2)c(OC)c1. The first kappa shape index (κ1) is 16.6. The van der Waals surface area contributed by atoms with Gasteiger partial charge < -0.3 is 19.7 Å². The van der Waals surface area contributed by atoms with Crippen molar-refractivity contribution < 1.29 is 14.3 Å². The summed E-state index contributed by atoms with van der Waals surface area (Å²) >= 11 is 1.64.